The number of hydrogen-bond donors (Lipinski definition) is 2. The summed E-state index contributed by atoms with van der Waals surface area (Å²) in [5.74, 6) is -0.195. The van der Waals surface area contributed by atoms with E-state index in [1.54, 1.807) is 16.8 Å². The minimum atomic E-state index is -0.195. The van der Waals surface area contributed by atoms with Crippen molar-refractivity contribution in [2.24, 2.45) is 7.05 Å². The van der Waals surface area contributed by atoms with Gasteiger partial charge in [-0.05, 0) is 42.8 Å². The van der Waals surface area contributed by atoms with Crippen molar-refractivity contribution in [1.29, 1.82) is 0 Å². The predicted molar refractivity (Wildman–Crippen MR) is 76.9 cm³/mol. The molecule has 0 aliphatic rings. The fourth-order valence-electron chi connectivity index (χ4n) is 2.35. The summed E-state index contributed by atoms with van der Waals surface area (Å²) in [6.07, 6.45) is 4.74. The van der Waals surface area contributed by atoms with E-state index in [0.717, 1.165) is 41.7 Å². The molecule has 0 spiro atoms. The number of aryl methyl sites for hydroxylation is 1. The molecule has 0 unspecified atom stereocenters. The van der Waals surface area contributed by atoms with Gasteiger partial charge in [0.2, 0.25) is 0 Å². The molecule has 3 rings (SSSR count). The number of hydrogen-bond acceptors (Lipinski definition) is 2. The molecule has 1 aromatic carbocycles. The molecule has 104 valence electrons. The van der Waals surface area contributed by atoms with Gasteiger partial charge in [0.15, 0.2) is 0 Å². The lowest BCUT2D eigenvalue weighted by molar-refractivity contribution is 0.629. The monoisotopic (exact) mass is 272 g/mol. The summed E-state index contributed by atoms with van der Waals surface area (Å²) in [5.41, 5.74) is 3.14. The number of aromatic nitrogens is 3. The van der Waals surface area contributed by atoms with Crippen LogP contribution < -0.4 is 5.32 Å². The summed E-state index contributed by atoms with van der Waals surface area (Å²) in [6, 6.07) is 6.82. The molecule has 4 nitrogen and oxygen atoms in total. The maximum atomic E-state index is 13.3. The zero-order valence-electron chi connectivity index (χ0n) is 11.4. The van der Waals surface area contributed by atoms with E-state index in [-0.39, 0.29) is 5.82 Å². The highest BCUT2D eigenvalue weighted by molar-refractivity contribution is 5.83. The molecule has 0 atom stereocenters. The normalized spacial score (nSPS) is 11.3. The van der Waals surface area contributed by atoms with Crippen molar-refractivity contribution in [2.45, 2.75) is 13.0 Å². The third-order valence-corrected chi connectivity index (χ3v) is 3.38. The number of halogens is 1. The molecule has 3 aromatic rings. The first-order chi connectivity index (χ1) is 9.72. The molecule has 20 heavy (non-hydrogen) atoms. The van der Waals surface area contributed by atoms with Crippen molar-refractivity contribution in [3.05, 3.63) is 53.7 Å². The molecule has 0 saturated carbocycles. The van der Waals surface area contributed by atoms with Crippen LogP contribution in [-0.2, 0) is 20.0 Å². The van der Waals surface area contributed by atoms with Gasteiger partial charge in [-0.2, -0.15) is 5.10 Å². The van der Waals surface area contributed by atoms with E-state index in [4.69, 9.17) is 0 Å². The van der Waals surface area contributed by atoms with Gasteiger partial charge in [0, 0.05) is 36.9 Å². The lowest BCUT2D eigenvalue weighted by Gasteiger charge is -2.02. The van der Waals surface area contributed by atoms with Crippen LogP contribution in [-0.4, -0.2) is 21.3 Å². The Morgan fingerprint density at radius 2 is 2.25 bits per heavy atom. The summed E-state index contributed by atoms with van der Waals surface area (Å²) in [6.45, 7) is 1.58. The van der Waals surface area contributed by atoms with Crippen LogP contribution in [0, 0.1) is 5.82 Å². The van der Waals surface area contributed by atoms with Crippen LogP contribution >= 0.6 is 0 Å². The predicted octanol–water partition coefficient (Wildman–Crippen LogP) is 2.37. The SMILES string of the molecule is Cn1ccc(CNCCc2c[nH]c3ccc(F)cc23)n1. The van der Waals surface area contributed by atoms with E-state index in [2.05, 4.69) is 15.4 Å². The quantitative estimate of drug-likeness (QED) is 0.700. The zero-order chi connectivity index (χ0) is 13.9. The zero-order valence-corrected chi connectivity index (χ0v) is 11.4. The van der Waals surface area contributed by atoms with E-state index in [9.17, 15) is 4.39 Å². The second-order valence-corrected chi connectivity index (χ2v) is 4.91. The van der Waals surface area contributed by atoms with Crippen LogP contribution in [0.4, 0.5) is 4.39 Å². The van der Waals surface area contributed by atoms with Gasteiger partial charge < -0.3 is 10.3 Å². The van der Waals surface area contributed by atoms with Gasteiger partial charge in [-0.25, -0.2) is 4.39 Å². The van der Waals surface area contributed by atoms with Crippen molar-refractivity contribution in [3.8, 4) is 0 Å². The minimum Gasteiger partial charge on any atom is -0.361 e. The first kappa shape index (κ1) is 12.9. The third kappa shape index (κ3) is 2.72. The Kier molecular flexibility index (Phi) is 3.52. The van der Waals surface area contributed by atoms with Crippen molar-refractivity contribution < 1.29 is 4.39 Å². The fourth-order valence-corrected chi connectivity index (χ4v) is 2.35. The second kappa shape index (κ2) is 5.46. The number of benzene rings is 1. The van der Waals surface area contributed by atoms with E-state index in [1.165, 1.54) is 6.07 Å². The highest BCUT2D eigenvalue weighted by atomic mass is 19.1. The molecule has 2 heterocycles. The van der Waals surface area contributed by atoms with E-state index in [0.29, 0.717) is 0 Å². The van der Waals surface area contributed by atoms with Crippen LogP contribution in [0.25, 0.3) is 10.9 Å². The molecule has 0 radical (unpaired) electrons. The smallest absolute Gasteiger partial charge is 0.123 e. The largest absolute Gasteiger partial charge is 0.361 e. The Bertz CT molecular complexity index is 714. The molecular weight excluding hydrogens is 255 g/mol. The average Bonchev–Trinajstić information content (AvgIpc) is 3.01. The number of nitrogens with one attached hydrogen (secondary N) is 2. The van der Waals surface area contributed by atoms with E-state index < -0.39 is 0 Å². The number of H-pyrrole nitrogens is 1. The molecule has 0 saturated heterocycles. The van der Waals surface area contributed by atoms with Gasteiger partial charge in [0.25, 0.3) is 0 Å². The third-order valence-electron chi connectivity index (χ3n) is 3.38. The number of fused-ring (bicyclic) bond motifs is 1. The second-order valence-electron chi connectivity index (χ2n) is 4.91. The molecule has 0 fully saturated rings. The summed E-state index contributed by atoms with van der Waals surface area (Å²) in [5, 5.41) is 8.62. The fraction of sp³-hybridized carbons (Fsp3) is 0.267. The molecule has 2 N–H and O–H groups in total. The van der Waals surface area contributed by atoms with Crippen molar-refractivity contribution in [2.75, 3.05) is 6.54 Å². The summed E-state index contributed by atoms with van der Waals surface area (Å²) >= 11 is 0. The van der Waals surface area contributed by atoms with Crippen LogP contribution in [0.2, 0.25) is 0 Å². The Hall–Kier alpha value is -2.14. The lowest BCUT2D eigenvalue weighted by Crippen LogP contribution is -2.17. The molecule has 5 heteroatoms. The number of nitrogens with zero attached hydrogens (tertiary/aromatic N) is 2. The lowest BCUT2D eigenvalue weighted by atomic mass is 10.1. The van der Waals surface area contributed by atoms with Crippen molar-refractivity contribution in [1.82, 2.24) is 20.1 Å². The van der Waals surface area contributed by atoms with Crippen LogP contribution in [0.15, 0.2) is 36.7 Å². The van der Waals surface area contributed by atoms with Gasteiger partial charge in [0.05, 0.1) is 5.69 Å². The Morgan fingerprint density at radius 3 is 3.05 bits per heavy atom. The highest BCUT2D eigenvalue weighted by Gasteiger charge is 2.04. The first-order valence-corrected chi connectivity index (χ1v) is 6.67. The molecular formula is C15H17FN4. The van der Waals surface area contributed by atoms with Crippen LogP contribution in [0.1, 0.15) is 11.3 Å². The standard InChI is InChI=1S/C15H17FN4/c1-20-7-5-13(19-20)10-17-6-4-11-9-18-15-3-2-12(16)8-14(11)15/h2-3,5,7-9,17-18H,4,6,10H2,1H3. The van der Waals surface area contributed by atoms with Crippen molar-refractivity contribution >= 4 is 10.9 Å². The molecule has 0 aliphatic carbocycles. The molecule has 0 amide bonds. The summed E-state index contributed by atoms with van der Waals surface area (Å²) in [4.78, 5) is 3.17. The van der Waals surface area contributed by atoms with Gasteiger partial charge in [-0.1, -0.05) is 0 Å². The minimum absolute atomic E-state index is 0.195. The van der Waals surface area contributed by atoms with Gasteiger partial charge >= 0.3 is 0 Å². The molecule has 0 bridgehead atoms. The average molecular weight is 272 g/mol. The Balaban J connectivity index is 1.58. The van der Waals surface area contributed by atoms with E-state index in [1.807, 2.05) is 25.5 Å². The Labute approximate surface area is 116 Å². The van der Waals surface area contributed by atoms with E-state index >= 15 is 0 Å². The van der Waals surface area contributed by atoms with Gasteiger partial charge in [-0.15, -0.1) is 0 Å². The van der Waals surface area contributed by atoms with Crippen LogP contribution in [0.5, 0.6) is 0 Å². The Morgan fingerprint density at radius 1 is 1.35 bits per heavy atom. The van der Waals surface area contributed by atoms with Crippen molar-refractivity contribution in [3.63, 3.8) is 0 Å². The van der Waals surface area contributed by atoms with Crippen LogP contribution in [0.3, 0.4) is 0 Å². The highest BCUT2D eigenvalue weighted by Crippen LogP contribution is 2.19. The molecule has 0 aliphatic heterocycles. The summed E-state index contributed by atoms with van der Waals surface area (Å²) < 4.78 is 15.1. The van der Waals surface area contributed by atoms with Gasteiger partial charge in [0.1, 0.15) is 5.82 Å². The maximum absolute atomic E-state index is 13.3. The maximum Gasteiger partial charge on any atom is 0.123 e. The van der Waals surface area contributed by atoms with Gasteiger partial charge in [-0.3, -0.25) is 4.68 Å². The number of aromatic amines is 1. The summed E-state index contributed by atoms with van der Waals surface area (Å²) in [7, 11) is 1.91. The number of rotatable bonds is 5. The first-order valence-electron chi connectivity index (χ1n) is 6.67. The topological polar surface area (TPSA) is 45.6 Å². The molecule has 2 aromatic heterocycles.